The second kappa shape index (κ2) is 7.31. The molecular weight excluding hydrogens is 350 g/mol. The van der Waals surface area contributed by atoms with Crippen LogP contribution in [0.2, 0.25) is 0 Å². The van der Waals surface area contributed by atoms with E-state index in [9.17, 15) is 14.7 Å². The maximum Gasteiger partial charge on any atom is 0.304 e. The topological polar surface area (TPSA) is 57.6 Å². The summed E-state index contributed by atoms with van der Waals surface area (Å²) < 4.78 is 0. The molecule has 4 heteroatoms. The van der Waals surface area contributed by atoms with E-state index in [0.717, 1.165) is 22.4 Å². The Labute approximate surface area is 164 Å². The van der Waals surface area contributed by atoms with E-state index in [2.05, 4.69) is 0 Å². The normalized spacial score (nSPS) is 18.1. The van der Waals surface area contributed by atoms with Crippen molar-refractivity contribution in [1.29, 1.82) is 0 Å². The molecule has 0 fully saturated rings. The lowest BCUT2D eigenvalue weighted by Gasteiger charge is -2.27. The Bertz CT molecular complexity index is 1000. The predicted octanol–water partition coefficient (Wildman–Crippen LogP) is 4.19. The Morgan fingerprint density at radius 3 is 2.04 bits per heavy atom. The van der Waals surface area contributed by atoms with Crippen molar-refractivity contribution >= 4 is 17.6 Å². The molecule has 3 aromatic rings. The summed E-state index contributed by atoms with van der Waals surface area (Å²) >= 11 is 0. The van der Waals surface area contributed by atoms with Crippen LogP contribution < -0.4 is 4.90 Å². The molecule has 1 N–H and O–H groups in total. The smallest absolute Gasteiger partial charge is 0.304 e. The highest BCUT2D eigenvalue weighted by molar-refractivity contribution is 6.09. The van der Waals surface area contributed by atoms with E-state index in [1.807, 2.05) is 84.9 Å². The summed E-state index contributed by atoms with van der Waals surface area (Å²) in [4.78, 5) is 27.2. The highest BCUT2D eigenvalue weighted by atomic mass is 16.4. The lowest BCUT2D eigenvalue weighted by Crippen LogP contribution is -2.43. The van der Waals surface area contributed by atoms with Gasteiger partial charge in [-0.2, -0.15) is 0 Å². The number of hydrogen-bond donors (Lipinski definition) is 1. The van der Waals surface area contributed by atoms with Crippen LogP contribution in [0.5, 0.6) is 0 Å². The van der Waals surface area contributed by atoms with Crippen molar-refractivity contribution in [2.24, 2.45) is 0 Å². The van der Waals surface area contributed by atoms with Gasteiger partial charge in [-0.25, -0.2) is 0 Å². The fourth-order valence-corrected chi connectivity index (χ4v) is 4.13. The molecule has 0 aliphatic carbocycles. The molecule has 4 rings (SSSR count). The van der Waals surface area contributed by atoms with Gasteiger partial charge in [-0.05, 0) is 29.2 Å². The summed E-state index contributed by atoms with van der Waals surface area (Å²) in [6.45, 7) is 0.423. The predicted molar refractivity (Wildman–Crippen MR) is 108 cm³/mol. The van der Waals surface area contributed by atoms with E-state index in [1.165, 1.54) is 0 Å². The minimum Gasteiger partial charge on any atom is -0.481 e. The zero-order valence-corrected chi connectivity index (χ0v) is 15.4. The number of anilines is 1. The Morgan fingerprint density at radius 1 is 0.821 bits per heavy atom. The molecule has 0 bridgehead atoms. The van der Waals surface area contributed by atoms with Gasteiger partial charge < -0.3 is 10.0 Å². The molecule has 1 amide bonds. The van der Waals surface area contributed by atoms with Crippen molar-refractivity contribution < 1.29 is 14.7 Å². The number of hydrogen-bond acceptors (Lipinski definition) is 2. The van der Waals surface area contributed by atoms with Crippen LogP contribution in [0, 0.1) is 0 Å². The number of fused-ring (bicyclic) bond motifs is 1. The highest BCUT2D eigenvalue weighted by Gasteiger charge is 2.51. The molecule has 0 spiro atoms. The van der Waals surface area contributed by atoms with E-state index in [0.29, 0.717) is 13.0 Å². The zero-order chi connectivity index (χ0) is 19.6. The molecule has 1 aliphatic rings. The molecule has 0 aromatic heterocycles. The number of carbonyl (C=O) groups is 2. The van der Waals surface area contributed by atoms with Gasteiger partial charge in [-0.1, -0.05) is 78.9 Å². The maximum atomic E-state index is 13.7. The molecule has 0 saturated heterocycles. The van der Waals surface area contributed by atoms with Crippen LogP contribution >= 0.6 is 0 Å². The summed E-state index contributed by atoms with van der Waals surface area (Å²) in [5.41, 5.74) is 2.46. The van der Waals surface area contributed by atoms with Gasteiger partial charge in [0.25, 0.3) is 0 Å². The molecule has 1 atom stereocenters. The standard InChI is InChI=1S/C24H21NO3/c26-22(27)16-24(15-18-9-3-1-4-10-18)20-13-7-8-14-21(20)25(23(24)28)17-19-11-5-2-6-12-19/h1-14H,15-17H2,(H,26,27)/t24-/m1/s1. The van der Waals surface area contributed by atoms with E-state index < -0.39 is 11.4 Å². The third-order valence-electron chi connectivity index (χ3n) is 5.35. The number of para-hydroxylation sites is 1. The summed E-state index contributed by atoms with van der Waals surface area (Å²) in [5, 5.41) is 9.67. The van der Waals surface area contributed by atoms with Crippen molar-refractivity contribution in [3.05, 3.63) is 102 Å². The van der Waals surface area contributed by atoms with E-state index >= 15 is 0 Å². The van der Waals surface area contributed by atoms with E-state index in [-0.39, 0.29) is 12.3 Å². The van der Waals surface area contributed by atoms with Crippen molar-refractivity contribution in [3.8, 4) is 0 Å². The number of carboxylic acid groups (broad SMARTS) is 1. The number of nitrogens with zero attached hydrogens (tertiary/aromatic N) is 1. The first-order valence-electron chi connectivity index (χ1n) is 9.31. The fraction of sp³-hybridized carbons (Fsp3) is 0.167. The van der Waals surface area contributed by atoms with Crippen LogP contribution in [0.15, 0.2) is 84.9 Å². The SMILES string of the molecule is O=C(O)C[C@@]1(Cc2ccccc2)C(=O)N(Cc2ccccc2)c2ccccc21. The average molecular weight is 371 g/mol. The lowest BCUT2D eigenvalue weighted by atomic mass is 9.74. The van der Waals surface area contributed by atoms with Gasteiger partial charge in [-0.3, -0.25) is 9.59 Å². The van der Waals surface area contributed by atoms with Crippen LogP contribution in [0.1, 0.15) is 23.1 Å². The molecule has 0 unspecified atom stereocenters. The van der Waals surface area contributed by atoms with Gasteiger partial charge in [0.1, 0.15) is 0 Å². The van der Waals surface area contributed by atoms with Gasteiger partial charge in [0, 0.05) is 5.69 Å². The summed E-state index contributed by atoms with van der Waals surface area (Å²) in [7, 11) is 0. The number of rotatable bonds is 6. The molecule has 4 nitrogen and oxygen atoms in total. The van der Waals surface area contributed by atoms with Gasteiger partial charge >= 0.3 is 5.97 Å². The van der Waals surface area contributed by atoms with Crippen LogP contribution in [0.25, 0.3) is 0 Å². The summed E-state index contributed by atoms with van der Waals surface area (Å²) in [6.07, 6.45) is 0.129. The number of carboxylic acids is 1. The zero-order valence-electron chi connectivity index (χ0n) is 15.4. The van der Waals surface area contributed by atoms with Crippen molar-refractivity contribution in [1.82, 2.24) is 0 Å². The van der Waals surface area contributed by atoms with Crippen LogP contribution in [-0.2, 0) is 28.0 Å². The molecule has 3 aromatic carbocycles. The molecule has 28 heavy (non-hydrogen) atoms. The third-order valence-corrected chi connectivity index (χ3v) is 5.35. The highest BCUT2D eigenvalue weighted by Crippen LogP contribution is 2.46. The first-order chi connectivity index (χ1) is 13.6. The third kappa shape index (κ3) is 3.18. The minimum absolute atomic E-state index is 0.149. The fourth-order valence-electron chi connectivity index (χ4n) is 4.13. The van der Waals surface area contributed by atoms with Crippen molar-refractivity contribution in [2.75, 3.05) is 4.90 Å². The number of carbonyl (C=O) groups excluding carboxylic acids is 1. The number of amides is 1. The molecule has 140 valence electrons. The van der Waals surface area contributed by atoms with Crippen LogP contribution in [-0.4, -0.2) is 17.0 Å². The maximum absolute atomic E-state index is 13.7. The second-order valence-corrected chi connectivity index (χ2v) is 7.21. The van der Waals surface area contributed by atoms with Gasteiger partial charge in [0.15, 0.2) is 0 Å². The van der Waals surface area contributed by atoms with Crippen molar-refractivity contribution in [3.63, 3.8) is 0 Å². The number of aliphatic carboxylic acids is 1. The molecule has 1 heterocycles. The van der Waals surface area contributed by atoms with Crippen LogP contribution in [0.3, 0.4) is 0 Å². The Balaban J connectivity index is 1.81. The first kappa shape index (κ1) is 18.0. The van der Waals surface area contributed by atoms with E-state index in [1.54, 1.807) is 4.90 Å². The van der Waals surface area contributed by atoms with E-state index in [4.69, 9.17) is 0 Å². The van der Waals surface area contributed by atoms with Gasteiger partial charge in [-0.15, -0.1) is 0 Å². The Kier molecular flexibility index (Phi) is 4.70. The monoisotopic (exact) mass is 371 g/mol. The molecular formula is C24H21NO3. The summed E-state index contributed by atoms with van der Waals surface area (Å²) in [5.74, 6) is -1.12. The minimum atomic E-state index is -1.10. The Hall–Kier alpha value is -3.40. The first-order valence-corrected chi connectivity index (χ1v) is 9.31. The second-order valence-electron chi connectivity index (χ2n) is 7.21. The summed E-state index contributed by atoms with van der Waals surface area (Å²) in [6, 6.07) is 27.0. The largest absolute Gasteiger partial charge is 0.481 e. The average Bonchev–Trinajstić information content (AvgIpc) is 2.92. The van der Waals surface area contributed by atoms with Gasteiger partial charge in [0.05, 0.1) is 18.4 Å². The number of benzene rings is 3. The van der Waals surface area contributed by atoms with Gasteiger partial charge in [0.2, 0.25) is 5.91 Å². The van der Waals surface area contributed by atoms with Crippen LogP contribution in [0.4, 0.5) is 5.69 Å². The Morgan fingerprint density at radius 2 is 1.39 bits per heavy atom. The molecule has 0 saturated carbocycles. The van der Waals surface area contributed by atoms with Crippen molar-refractivity contribution in [2.45, 2.75) is 24.8 Å². The lowest BCUT2D eigenvalue weighted by molar-refractivity contribution is -0.141. The molecule has 1 aliphatic heterocycles. The quantitative estimate of drug-likeness (QED) is 0.707. The molecule has 0 radical (unpaired) electrons.